The number of pyridine rings is 1. The number of rotatable bonds is 5. The molecule has 1 aliphatic heterocycles. The van der Waals surface area contributed by atoms with Crippen LogP contribution in [0, 0.1) is 0 Å². The van der Waals surface area contributed by atoms with Crippen molar-refractivity contribution in [2.75, 3.05) is 20.2 Å². The third-order valence-corrected chi connectivity index (χ3v) is 5.15. The van der Waals surface area contributed by atoms with Crippen molar-refractivity contribution < 1.29 is 9.53 Å². The predicted molar refractivity (Wildman–Crippen MR) is 101 cm³/mol. The third-order valence-electron chi connectivity index (χ3n) is 5.15. The Morgan fingerprint density at radius 2 is 2.21 bits per heavy atom. The first-order valence-corrected chi connectivity index (χ1v) is 9.29. The van der Waals surface area contributed by atoms with Gasteiger partial charge in [-0.15, -0.1) is 10.2 Å². The van der Waals surface area contributed by atoms with Crippen LogP contribution >= 0.6 is 0 Å². The maximum Gasteiger partial charge on any atom is 0.259 e. The standard InChI is InChI=1S/C19H23N7O2/c1-24-16(12-25-10-8-20-13-25)22-23-17(24)14-5-4-9-26(11-14)19(27)15-6-3-7-21-18(15)28-2/h3,6-8,10,13-14H,4-5,9,11-12H2,1-2H3. The summed E-state index contributed by atoms with van der Waals surface area (Å²) in [5.74, 6) is 2.22. The molecule has 28 heavy (non-hydrogen) atoms. The molecule has 1 unspecified atom stereocenters. The zero-order valence-corrected chi connectivity index (χ0v) is 16.0. The van der Waals surface area contributed by atoms with Gasteiger partial charge in [0.2, 0.25) is 5.88 Å². The molecular weight excluding hydrogens is 358 g/mol. The molecule has 0 radical (unpaired) electrons. The molecule has 0 saturated carbocycles. The number of hydrogen-bond acceptors (Lipinski definition) is 6. The molecule has 0 N–H and O–H groups in total. The van der Waals surface area contributed by atoms with Crippen molar-refractivity contribution in [3.8, 4) is 5.88 Å². The van der Waals surface area contributed by atoms with Gasteiger partial charge in [-0.2, -0.15) is 0 Å². The van der Waals surface area contributed by atoms with Gasteiger partial charge in [0, 0.05) is 44.6 Å². The number of carbonyl (C=O) groups is 1. The first-order chi connectivity index (χ1) is 13.7. The Kier molecular flexibility index (Phi) is 5.05. The summed E-state index contributed by atoms with van der Waals surface area (Å²) in [5, 5.41) is 8.78. The molecule has 146 valence electrons. The van der Waals surface area contributed by atoms with Crippen LogP contribution in [0.4, 0.5) is 0 Å². The number of piperidine rings is 1. The van der Waals surface area contributed by atoms with Crippen molar-refractivity contribution in [1.82, 2.24) is 34.2 Å². The normalized spacial score (nSPS) is 16.9. The van der Waals surface area contributed by atoms with E-state index in [2.05, 4.69) is 20.2 Å². The van der Waals surface area contributed by atoms with Crippen LogP contribution in [0.25, 0.3) is 0 Å². The van der Waals surface area contributed by atoms with Gasteiger partial charge in [0.15, 0.2) is 5.82 Å². The topological polar surface area (TPSA) is 91.0 Å². The Balaban J connectivity index is 1.51. The number of imidazole rings is 1. The van der Waals surface area contributed by atoms with Gasteiger partial charge in [-0.25, -0.2) is 9.97 Å². The highest BCUT2D eigenvalue weighted by Crippen LogP contribution is 2.28. The summed E-state index contributed by atoms with van der Waals surface area (Å²) < 4.78 is 9.24. The van der Waals surface area contributed by atoms with Gasteiger partial charge < -0.3 is 18.8 Å². The van der Waals surface area contributed by atoms with Crippen molar-refractivity contribution in [2.24, 2.45) is 7.05 Å². The fourth-order valence-corrected chi connectivity index (χ4v) is 3.67. The third kappa shape index (κ3) is 3.47. The summed E-state index contributed by atoms with van der Waals surface area (Å²) in [7, 11) is 3.51. The second kappa shape index (κ2) is 7.79. The molecule has 9 heteroatoms. The zero-order chi connectivity index (χ0) is 19.5. The summed E-state index contributed by atoms with van der Waals surface area (Å²) in [6, 6.07) is 3.51. The van der Waals surface area contributed by atoms with Gasteiger partial charge in [0.05, 0.1) is 20.0 Å². The number of ether oxygens (including phenoxy) is 1. The van der Waals surface area contributed by atoms with Crippen LogP contribution in [0.3, 0.4) is 0 Å². The Morgan fingerprint density at radius 3 is 3.00 bits per heavy atom. The van der Waals surface area contributed by atoms with E-state index in [1.54, 1.807) is 30.9 Å². The summed E-state index contributed by atoms with van der Waals surface area (Å²) in [5.41, 5.74) is 0.490. The van der Waals surface area contributed by atoms with Crippen LogP contribution in [0.2, 0.25) is 0 Å². The van der Waals surface area contributed by atoms with E-state index >= 15 is 0 Å². The SMILES string of the molecule is COc1ncccc1C(=O)N1CCCC(c2nnc(Cn3ccnc3)n2C)C1. The molecule has 1 amide bonds. The minimum atomic E-state index is -0.0598. The molecule has 4 rings (SSSR count). The van der Waals surface area contributed by atoms with Crippen molar-refractivity contribution >= 4 is 5.91 Å². The van der Waals surface area contributed by atoms with E-state index in [0.29, 0.717) is 31.1 Å². The zero-order valence-electron chi connectivity index (χ0n) is 16.0. The minimum absolute atomic E-state index is 0.0598. The largest absolute Gasteiger partial charge is 0.480 e. The van der Waals surface area contributed by atoms with Crippen LogP contribution in [0.5, 0.6) is 5.88 Å². The van der Waals surface area contributed by atoms with Crippen LogP contribution in [0.1, 0.15) is 40.8 Å². The lowest BCUT2D eigenvalue weighted by atomic mass is 9.96. The van der Waals surface area contributed by atoms with Crippen LogP contribution < -0.4 is 4.74 Å². The van der Waals surface area contributed by atoms with Crippen molar-refractivity contribution in [2.45, 2.75) is 25.3 Å². The number of carbonyl (C=O) groups excluding carboxylic acids is 1. The molecule has 9 nitrogen and oxygen atoms in total. The van der Waals surface area contributed by atoms with Gasteiger partial charge in [-0.05, 0) is 25.0 Å². The van der Waals surface area contributed by atoms with E-state index in [-0.39, 0.29) is 11.8 Å². The maximum absolute atomic E-state index is 13.0. The Bertz CT molecular complexity index is 951. The van der Waals surface area contributed by atoms with E-state index in [0.717, 1.165) is 24.5 Å². The number of methoxy groups -OCH3 is 1. The molecule has 3 aromatic rings. The van der Waals surface area contributed by atoms with Crippen LogP contribution in [-0.2, 0) is 13.6 Å². The quantitative estimate of drug-likeness (QED) is 0.665. The summed E-state index contributed by atoms with van der Waals surface area (Å²) >= 11 is 0. The molecular formula is C19H23N7O2. The number of hydrogen-bond donors (Lipinski definition) is 0. The van der Waals surface area contributed by atoms with Crippen molar-refractivity contribution in [1.29, 1.82) is 0 Å². The monoisotopic (exact) mass is 381 g/mol. The Labute approximate surface area is 163 Å². The molecule has 1 fully saturated rings. The number of nitrogens with zero attached hydrogens (tertiary/aromatic N) is 7. The molecule has 1 aliphatic rings. The molecule has 3 aromatic heterocycles. The fraction of sp³-hybridized carbons (Fsp3) is 0.421. The minimum Gasteiger partial charge on any atom is -0.480 e. The van der Waals surface area contributed by atoms with Gasteiger partial charge in [0.1, 0.15) is 11.4 Å². The number of aromatic nitrogens is 6. The first kappa shape index (κ1) is 18.1. The molecule has 0 aromatic carbocycles. The van der Waals surface area contributed by atoms with E-state index in [4.69, 9.17) is 4.74 Å². The summed E-state index contributed by atoms with van der Waals surface area (Å²) in [6.45, 7) is 1.94. The average Bonchev–Trinajstić information content (AvgIpc) is 3.38. The Morgan fingerprint density at radius 1 is 1.32 bits per heavy atom. The highest BCUT2D eigenvalue weighted by Gasteiger charge is 2.30. The second-order valence-electron chi connectivity index (χ2n) is 6.92. The predicted octanol–water partition coefficient (Wildman–Crippen LogP) is 1.48. The molecule has 0 spiro atoms. The lowest BCUT2D eigenvalue weighted by Gasteiger charge is -2.32. The highest BCUT2D eigenvalue weighted by atomic mass is 16.5. The highest BCUT2D eigenvalue weighted by molar-refractivity contribution is 5.96. The van der Waals surface area contributed by atoms with Gasteiger partial charge in [-0.1, -0.05) is 0 Å². The van der Waals surface area contributed by atoms with E-state index in [1.807, 2.05) is 27.3 Å². The van der Waals surface area contributed by atoms with Crippen LogP contribution in [0.15, 0.2) is 37.1 Å². The average molecular weight is 381 g/mol. The molecule has 0 bridgehead atoms. The lowest BCUT2D eigenvalue weighted by Crippen LogP contribution is -2.40. The van der Waals surface area contributed by atoms with Crippen molar-refractivity contribution in [3.63, 3.8) is 0 Å². The second-order valence-corrected chi connectivity index (χ2v) is 6.92. The Hall–Kier alpha value is -3.23. The molecule has 4 heterocycles. The van der Waals surface area contributed by atoms with Gasteiger partial charge in [-0.3, -0.25) is 4.79 Å². The lowest BCUT2D eigenvalue weighted by molar-refractivity contribution is 0.0699. The molecule has 1 atom stereocenters. The van der Waals surface area contributed by atoms with E-state index in [9.17, 15) is 4.79 Å². The van der Waals surface area contributed by atoms with E-state index < -0.39 is 0 Å². The van der Waals surface area contributed by atoms with Crippen LogP contribution in [-0.4, -0.2) is 60.3 Å². The van der Waals surface area contributed by atoms with Crippen molar-refractivity contribution in [3.05, 3.63) is 54.3 Å². The van der Waals surface area contributed by atoms with E-state index in [1.165, 1.54) is 7.11 Å². The molecule has 0 aliphatic carbocycles. The summed E-state index contributed by atoms with van der Waals surface area (Å²) in [4.78, 5) is 23.1. The van der Waals surface area contributed by atoms with Gasteiger partial charge >= 0.3 is 0 Å². The first-order valence-electron chi connectivity index (χ1n) is 9.29. The smallest absolute Gasteiger partial charge is 0.259 e. The molecule has 1 saturated heterocycles. The number of likely N-dealkylation sites (tertiary alicyclic amines) is 1. The summed E-state index contributed by atoms with van der Waals surface area (Å²) in [6.07, 6.45) is 8.92. The fourth-order valence-electron chi connectivity index (χ4n) is 3.67. The maximum atomic E-state index is 13.0. The van der Waals surface area contributed by atoms with Gasteiger partial charge in [0.25, 0.3) is 5.91 Å². The number of amides is 1.